The van der Waals surface area contributed by atoms with E-state index in [9.17, 15) is 4.39 Å². The SMILES string of the molecule is CN=C(NCCc1cc(F)cc2c1OCOC2)N(C)Cc1csc(C(C)OC)n1. The summed E-state index contributed by atoms with van der Waals surface area (Å²) in [5.74, 6) is 1.19. The molecule has 0 spiro atoms. The van der Waals surface area contributed by atoms with Gasteiger partial charge in [-0.05, 0) is 31.0 Å². The minimum absolute atomic E-state index is 0.0127. The summed E-state index contributed by atoms with van der Waals surface area (Å²) in [7, 11) is 5.37. The van der Waals surface area contributed by atoms with Crippen LogP contribution in [0.5, 0.6) is 5.75 Å². The molecule has 9 heteroatoms. The normalized spacial score (nSPS) is 14.9. The van der Waals surface area contributed by atoms with Gasteiger partial charge in [0.2, 0.25) is 0 Å². The molecule has 1 aliphatic heterocycles. The molecule has 0 bridgehead atoms. The molecule has 158 valence electrons. The van der Waals surface area contributed by atoms with Crippen LogP contribution in [0, 0.1) is 5.82 Å². The predicted octanol–water partition coefficient (Wildman–Crippen LogP) is 3.11. The van der Waals surface area contributed by atoms with E-state index in [2.05, 4.69) is 15.3 Å². The zero-order chi connectivity index (χ0) is 20.8. The number of rotatable bonds is 7. The molecule has 1 aromatic carbocycles. The third kappa shape index (κ3) is 5.43. The van der Waals surface area contributed by atoms with Crippen LogP contribution in [0.25, 0.3) is 0 Å². The number of hydrogen-bond donors (Lipinski definition) is 1. The maximum Gasteiger partial charge on any atom is 0.193 e. The minimum Gasteiger partial charge on any atom is -0.467 e. The minimum atomic E-state index is -0.279. The Kier molecular flexibility index (Phi) is 7.40. The highest BCUT2D eigenvalue weighted by Gasteiger charge is 2.17. The second-order valence-electron chi connectivity index (χ2n) is 6.80. The summed E-state index contributed by atoms with van der Waals surface area (Å²) in [5, 5.41) is 6.31. The average Bonchev–Trinajstić information content (AvgIpc) is 3.18. The van der Waals surface area contributed by atoms with Crippen LogP contribution in [0.2, 0.25) is 0 Å². The van der Waals surface area contributed by atoms with Crippen molar-refractivity contribution < 1.29 is 18.6 Å². The molecule has 0 saturated heterocycles. The fourth-order valence-corrected chi connectivity index (χ4v) is 3.98. The van der Waals surface area contributed by atoms with Crippen molar-refractivity contribution in [2.75, 3.05) is 34.5 Å². The topological polar surface area (TPSA) is 68.2 Å². The van der Waals surface area contributed by atoms with Gasteiger partial charge in [0.05, 0.1) is 18.8 Å². The van der Waals surface area contributed by atoms with Crippen LogP contribution < -0.4 is 10.1 Å². The number of benzene rings is 1. The summed E-state index contributed by atoms with van der Waals surface area (Å²) in [6, 6.07) is 2.98. The van der Waals surface area contributed by atoms with Crippen molar-refractivity contribution in [3.8, 4) is 5.75 Å². The van der Waals surface area contributed by atoms with E-state index in [1.807, 2.05) is 24.3 Å². The lowest BCUT2D eigenvalue weighted by molar-refractivity contribution is -0.0172. The first-order chi connectivity index (χ1) is 14.0. The highest BCUT2D eigenvalue weighted by atomic mass is 32.1. The van der Waals surface area contributed by atoms with Crippen LogP contribution in [-0.4, -0.2) is 50.4 Å². The summed E-state index contributed by atoms with van der Waals surface area (Å²) in [5.41, 5.74) is 2.54. The lowest BCUT2D eigenvalue weighted by atomic mass is 10.1. The predicted molar refractivity (Wildman–Crippen MR) is 111 cm³/mol. The van der Waals surface area contributed by atoms with Gasteiger partial charge in [-0.25, -0.2) is 9.37 Å². The van der Waals surface area contributed by atoms with E-state index in [0.717, 1.165) is 33.5 Å². The molecule has 3 rings (SSSR count). The van der Waals surface area contributed by atoms with Crippen LogP contribution in [0.3, 0.4) is 0 Å². The molecule has 1 N–H and O–H groups in total. The van der Waals surface area contributed by atoms with Gasteiger partial charge >= 0.3 is 0 Å². The van der Waals surface area contributed by atoms with Crippen molar-refractivity contribution in [2.45, 2.75) is 32.6 Å². The molecule has 2 aromatic rings. The van der Waals surface area contributed by atoms with E-state index in [1.165, 1.54) is 12.1 Å². The molecule has 7 nitrogen and oxygen atoms in total. The Balaban J connectivity index is 1.57. The van der Waals surface area contributed by atoms with Gasteiger partial charge in [-0.2, -0.15) is 0 Å². The van der Waals surface area contributed by atoms with Crippen molar-refractivity contribution in [3.05, 3.63) is 45.2 Å². The molecule has 1 atom stereocenters. The quantitative estimate of drug-likeness (QED) is 0.546. The Hall–Kier alpha value is -2.23. The van der Waals surface area contributed by atoms with Gasteiger partial charge in [0.25, 0.3) is 0 Å². The molecule has 29 heavy (non-hydrogen) atoms. The number of hydrogen-bond acceptors (Lipinski definition) is 6. The molecule has 0 aliphatic carbocycles. The van der Waals surface area contributed by atoms with Crippen molar-refractivity contribution >= 4 is 17.3 Å². The molecular weight excluding hydrogens is 395 g/mol. The first kappa shape index (κ1) is 21.5. The van der Waals surface area contributed by atoms with Crippen LogP contribution >= 0.6 is 11.3 Å². The van der Waals surface area contributed by atoms with E-state index in [4.69, 9.17) is 14.2 Å². The molecule has 1 unspecified atom stereocenters. The number of methoxy groups -OCH3 is 1. The Labute approximate surface area is 174 Å². The lowest BCUT2D eigenvalue weighted by Crippen LogP contribution is -2.39. The van der Waals surface area contributed by atoms with Crippen LogP contribution in [0.15, 0.2) is 22.5 Å². The van der Waals surface area contributed by atoms with Crippen LogP contribution in [0.4, 0.5) is 4.39 Å². The van der Waals surface area contributed by atoms with Crippen LogP contribution in [-0.2, 0) is 29.0 Å². The zero-order valence-electron chi connectivity index (χ0n) is 17.2. The van der Waals surface area contributed by atoms with Crippen LogP contribution in [0.1, 0.15) is 34.9 Å². The van der Waals surface area contributed by atoms with E-state index < -0.39 is 0 Å². The number of ether oxygens (including phenoxy) is 3. The third-order valence-corrected chi connectivity index (χ3v) is 5.73. The van der Waals surface area contributed by atoms with E-state index in [-0.39, 0.29) is 18.7 Å². The van der Waals surface area contributed by atoms with Gasteiger partial charge in [-0.1, -0.05) is 0 Å². The van der Waals surface area contributed by atoms with Gasteiger partial charge in [0.15, 0.2) is 12.8 Å². The Morgan fingerprint density at radius 2 is 2.31 bits per heavy atom. The highest BCUT2D eigenvalue weighted by Crippen LogP contribution is 2.29. The highest BCUT2D eigenvalue weighted by molar-refractivity contribution is 7.09. The molecule has 1 aliphatic rings. The Morgan fingerprint density at radius 3 is 3.07 bits per heavy atom. The monoisotopic (exact) mass is 422 g/mol. The summed E-state index contributed by atoms with van der Waals surface area (Å²) in [4.78, 5) is 11.0. The standard InChI is InChI=1S/C20H27FN4O3S/c1-13(26-4)19-24-17(11-29-19)9-25(3)20(22-2)23-6-5-14-7-16(21)8-15-10-27-12-28-18(14)15/h7-8,11,13H,5-6,9-10,12H2,1-4H3,(H,22,23). The summed E-state index contributed by atoms with van der Waals surface area (Å²) in [6.45, 7) is 3.77. The number of halogens is 1. The molecular formula is C20H27FN4O3S. The fourth-order valence-electron chi connectivity index (χ4n) is 3.14. The van der Waals surface area contributed by atoms with Crippen molar-refractivity contribution in [3.63, 3.8) is 0 Å². The number of thiazole rings is 1. The lowest BCUT2D eigenvalue weighted by Gasteiger charge is -2.23. The first-order valence-electron chi connectivity index (χ1n) is 9.42. The summed E-state index contributed by atoms with van der Waals surface area (Å²) >= 11 is 1.59. The number of aromatic nitrogens is 1. The molecule has 1 aromatic heterocycles. The second-order valence-corrected chi connectivity index (χ2v) is 7.69. The van der Waals surface area contributed by atoms with Gasteiger partial charge in [0, 0.05) is 38.7 Å². The third-order valence-electron chi connectivity index (χ3n) is 4.67. The van der Waals surface area contributed by atoms with E-state index >= 15 is 0 Å². The van der Waals surface area contributed by atoms with Crippen molar-refractivity contribution in [1.29, 1.82) is 0 Å². The molecule has 0 fully saturated rings. The Bertz CT molecular complexity index is 858. The van der Waals surface area contributed by atoms with Crippen molar-refractivity contribution in [1.82, 2.24) is 15.2 Å². The van der Waals surface area contributed by atoms with E-state index in [0.29, 0.717) is 26.1 Å². The number of aliphatic imine (C=N–C) groups is 1. The summed E-state index contributed by atoms with van der Waals surface area (Å²) < 4.78 is 30.0. The smallest absolute Gasteiger partial charge is 0.193 e. The van der Waals surface area contributed by atoms with E-state index in [1.54, 1.807) is 25.5 Å². The Morgan fingerprint density at radius 1 is 1.48 bits per heavy atom. The van der Waals surface area contributed by atoms with Crippen molar-refractivity contribution in [2.24, 2.45) is 4.99 Å². The molecule has 0 amide bonds. The second kappa shape index (κ2) is 10.00. The number of fused-ring (bicyclic) bond motifs is 1. The maximum absolute atomic E-state index is 13.9. The largest absolute Gasteiger partial charge is 0.467 e. The van der Waals surface area contributed by atoms with Gasteiger partial charge in [-0.15, -0.1) is 11.3 Å². The maximum atomic E-state index is 13.9. The zero-order valence-corrected chi connectivity index (χ0v) is 18.0. The molecule has 2 heterocycles. The number of nitrogens with one attached hydrogen (secondary N) is 1. The van der Waals surface area contributed by atoms with Gasteiger partial charge in [0.1, 0.15) is 22.7 Å². The number of nitrogens with zero attached hydrogens (tertiary/aromatic N) is 3. The molecule has 0 radical (unpaired) electrons. The average molecular weight is 423 g/mol. The molecule has 0 saturated carbocycles. The fraction of sp³-hybridized carbons (Fsp3) is 0.500. The summed E-state index contributed by atoms with van der Waals surface area (Å²) in [6.07, 6.45) is 0.598. The van der Waals surface area contributed by atoms with Gasteiger partial charge < -0.3 is 24.4 Å². The van der Waals surface area contributed by atoms with Gasteiger partial charge in [-0.3, -0.25) is 4.99 Å². The first-order valence-corrected chi connectivity index (χ1v) is 10.3. The number of guanidine groups is 1.